The van der Waals surface area contributed by atoms with Crippen LogP contribution in [0.5, 0.6) is 0 Å². The molecule has 1 amide bonds. The van der Waals surface area contributed by atoms with Gasteiger partial charge in [0, 0.05) is 30.3 Å². The lowest BCUT2D eigenvalue weighted by Crippen LogP contribution is -2.25. The Bertz CT molecular complexity index is 431. The number of amides is 1. The molecule has 1 saturated heterocycles. The molecule has 0 radical (unpaired) electrons. The van der Waals surface area contributed by atoms with E-state index < -0.39 is 5.91 Å². The number of nitrogens with one attached hydrogen (secondary N) is 1. The van der Waals surface area contributed by atoms with Gasteiger partial charge in [0.2, 0.25) is 5.91 Å². The zero-order chi connectivity index (χ0) is 13.0. The van der Waals surface area contributed by atoms with E-state index in [0.29, 0.717) is 23.2 Å². The Morgan fingerprint density at radius 1 is 1.56 bits per heavy atom. The van der Waals surface area contributed by atoms with Gasteiger partial charge in [0.25, 0.3) is 0 Å². The van der Waals surface area contributed by atoms with E-state index in [4.69, 9.17) is 22.1 Å². The van der Waals surface area contributed by atoms with Crippen molar-refractivity contribution >= 4 is 17.5 Å². The fourth-order valence-corrected chi connectivity index (χ4v) is 2.26. The van der Waals surface area contributed by atoms with Crippen LogP contribution in [0.1, 0.15) is 28.8 Å². The minimum absolute atomic E-state index is 0.314. The molecule has 4 nitrogen and oxygen atoms in total. The molecule has 1 aromatic rings. The summed E-state index contributed by atoms with van der Waals surface area (Å²) in [7, 11) is 0. The summed E-state index contributed by atoms with van der Waals surface area (Å²) in [6.45, 7) is 2.35. The lowest BCUT2D eigenvalue weighted by atomic mass is 10.1. The predicted molar refractivity (Wildman–Crippen MR) is 70.7 cm³/mol. The molecular formula is C13H17ClN2O2. The average molecular weight is 269 g/mol. The van der Waals surface area contributed by atoms with Crippen LogP contribution in [0.3, 0.4) is 0 Å². The number of rotatable bonds is 5. The van der Waals surface area contributed by atoms with Gasteiger partial charge in [0.1, 0.15) is 0 Å². The van der Waals surface area contributed by atoms with Crippen molar-refractivity contribution in [1.29, 1.82) is 0 Å². The number of nitrogens with two attached hydrogens (primary N) is 1. The standard InChI is InChI=1S/C13H17ClN2O2/c14-12-6-9(13(15)17)3-4-10(12)7-16-8-11-2-1-5-18-11/h3-4,6,11,16H,1-2,5,7-8H2,(H2,15,17). The van der Waals surface area contributed by atoms with Crippen LogP contribution in [0, 0.1) is 0 Å². The van der Waals surface area contributed by atoms with E-state index in [1.54, 1.807) is 12.1 Å². The molecule has 1 aliphatic heterocycles. The summed E-state index contributed by atoms with van der Waals surface area (Å²) >= 11 is 6.09. The molecule has 3 N–H and O–H groups in total. The third-order valence-electron chi connectivity index (χ3n) is 3.05. The minimum Gasteiger partial charge on any atom is -0.377 e. The number of primary amides is 1. The van der Waals surface area contributed by atoms with Crippen molar-refractivity contribution in [1.82, 2.24) is 5.32 Å². The van der Waals surface area contributed by atoms with Gasteiger partial charge >= 0.3 is 0 Å². The Balaban J connectivity index is 1.87. The molecule has 2 rings (SSSR count). The Kier molecular flexibility index (Phi) is 4.58. The molecule has 0 spiro atoms. The van der Waals surface area contributed by atoms with Gasteiger partial charge < -0.3 is 15.8 Å². The molecule has 1 fully saturated rings. The molecule has 1 unspecified atom stereocenters. The van der Waals surface area contributed by atoms with Crippen LogP contribution in [-0.2, 0) is 11.3 Å². The number of carbonyl (C=O) groups excluding carboxylic acids is 1. The van der Waals surface area contributed by atoms with Crippen molar-refractivity contribution in [2.75, 3.05) is 13.2 Å². The molecule has 1 atom stereocenters. The van der Waals surface area contributed by atoms with Gasteiger partial charge in [-0.1, -0.05) is 17.7 Å². The smallest absolute Gasteiger partial charge is 0.248 e. The molecule has 0 saturated carbocycles. The highest BCUT2D eigenvalue weighted by Crippen LogP contribution is 2.18. The SMILES string of the molecule is NC(=O)c1ccc(CNCC2CCCO2)c(Cl)c1. The summed E-state index contributed by atoms with van der Waals surface area (Å²) in [6.07, 6.45) is 2.57. The first-order valence-electron chi connectivity index (χ1n) is 6.07. The van der Waals surface area contributed by atoms with Crippen molar-refractivity contribution in [2.24, 2.45) is 5.73 Å². The lowest BCUT2D eigenvalue weighted by molar-refractivity contribution is 0.1000. The van der Waals surface area contributed by atoms with E-state index in [-0.39, 0.29) is 0 Å². The molecule has 18 heavy (non-hydrogen) atoms. The average Bonchev–Trinajstić information content (AvgIpc) is 2.84. The number of hydrogen-bond donors (Lipinski definition) is 2. The van der Waals surface area contributed by atoms with Crippen LogP contribution in [0.25, 0.3) is 0 Å². The van der Waals surface area contributed by atoms with Gasteiger partial charge in [-0.05, 0) is 30.5 Å². The lowest BCUT2D eigenvalue weighted by Gasteiger charge is -2.11. The Morgan fingerprint density at radius 3 is 3.00 bits per heavy atom. The maximum Gasteiger partial charge on any atom is 0.248 e. The van der Waals surface area contributed by atoms with Crippen LogP contribution < -0.4 is 11.1 Å². The highest BCUT2D eigenvalue weighted by molar-refractivity contribution is 6.31. The molecule has 0 bridgehead atoms. The van der Waals surface area contributed by atoms with E-state index in [1.807, 2.05) is 6.07 Å². The topological polar surface area (TPSA) is 64.4 Å². The van der Waals surface area contributed by atoms with E-state index >= 15 is 0 Å². The number of hydrogen-bond acceptors (Lipinski definition) is 3. The summed E-state index contributed by atoms with van der Waals surface area (Å²) in [6, 6.07) is 5.12. The molecular weight excluding hydrogens is 252 g/mol. The van der Waals surface area contributed by atoms with Crippen LogP contribution in [0.4, 0.5) is 0 Å². The summed E-state index contributed by atoms with van der Waals surface area (Å²) in [5.41, 5.74) is 6.58. The summed E-state index contributed by atoms with van der Waals surface area (Å²) in [5.74, 6) is -0.462. The van der Waals surface area contributed by atoms with E-state index in [2.05, 4.69) is 5.32 Å². The number of halogens is 1. The van der Waals surface area contributed by atoms with Crippen LogP contribution in [0.2, 0.25) is 5.02 Å². The monoisotopic (exact) mass is 268 g/mol. The second kappa shape index (κ2) is 6.18. The zero-order valence-corrected chi connectivity index (χ0v) is 10.9. The number of carbonyl (C=O) groups is 1. The first-order chi connectivity index (χ1) is 8.66. The van der Waals surface area contributed by atoms with Gasteiger partial charge in [-0.3, -0.25) is 4.79 Å². The molecule has 0 aromatic heterocycles. The Labute approximate surface area is 111 Å². The van der Waals surface area contributed by atoms with Gasteiger partial charge in [-0.2, -0.15) is 0 Å². The number of benzene rings is 1. The predicted octanol–water partition coefficient (Wildman–Crippen LogP) is 1.71. The van der Waals surface area contributed by atoms with Crippen molar-refractivity contribution in [3.63, 3.8) is 0 Å². The molecule has 98 valence electrons. The van der Waals surface area contributed by atoms with E-state index in [9.17, 15) is 4.79 Å². The molecule has 1 aromatic carbocycles. The third-order valence-corrected chi connectivity index (χ3v) is 3.40. The second-order valence-corrected chi connectivity index (χ2v) is 4.84. The minimum atomic E-state index is -0.462. The number of ether oxygens (including phenoxy) is 1. The summed E-state index contributed by atoms with van der Waals surface area (Å²) < 4.78 is 5.52. The second-order valence-electron chi connectivity index (χ2n) is 4.44. The van der Waals surface area contributed by atoms with Crippen molar-refractivity contribution < 1.29 is 9.53 Å². The molecule has 5 heteroatoms. The highest BCUT2D eigenvalue weighted by Gasteiger charge is 2.14. The molecule has 1 aliphatic rings. The third kappa shape index (κ3) is 3.45. The summed E-state index contributed by atoms with van der Waals surface area (Å²) in [5, 5.41) is 3.87. The van der Waals surface area contributed by atoms with Gasteiger partial charge in [-0.15, -0.1) is 0 Å². The van der Waals surface area contributed by atoms with Crippen molar-refractivity contribution in [2.45, 2.75) is 25.5 Å². The van der Waals surface area contributed by atoms with Gasteiger partial charge in [-0.25, -0.2) is 0 Å². The molecule has 0 aliphatic carbocycles. The first-order valence-corrected chi connectivity index (χ1v) is 6.45. The van der Waals surface area contributed by atoms with Gasteiger partial charge in [0.15, 0.2) is 0 Å². The van der Waals surface area contributed by atoms with Crippen LogP contribution in [-0.4, -0.2) is 25.2 Å². The Hall–Kier alpha value is -1.10. The highest BCUT2D eigenvalue weighted by atomic mass is 35.5. The van der Waals surface area contributed by atoms with Crippen molar-refractivity contribution in [3.05, 3.63) is 34.3 Å². The van der Waals surface area contributed by atoms with Crippen molar-refractivity contribution in [3.8, 4) is 0 Å². The van der Waals surface area contributed by atoms with E-state index in [0.717, 1.165) is 31.6 Å². The normalized spacial score (nSPS) is 19.1. The maximum absolute atomic E-state index is 11.0. The quantitative estimate of drug-likeness (QED) is 0.854. The fourth-order valence-electron chi connectivity index (χ4n) is 2.02. The first kappa shape index (κ1) is 13.3. The zero-order valence-electron chi connectivity index (χ0n) is 10.1. The maximum atomic E-state index is 11.0. The summed E-state index contributed by atoms with van der Waals surface area (Å²) in [4.78, 5) is 11.0. The van der Waals surface area contributed by atoms with E-state index in [1.165, 1.54) is 0 Å². The largest absolute Gasteiger partial charge is 0.377 e. The van der Waals surface area contributed by atoms with Crippen LogP contribution in [0.15, 0.2) is 18.2 Å². The molecule has 1 heterocycles. The van der Waals surface area contributed by atoms with Crippen LogP contribution >= 0.6 is 11.6 Å². The Morgan fingerprint density at radius 2 is 2.39 bits per heavy atom. The van der Waals surface area contributed by atoms with Gasteiger partial charge in [0.05, 0.1) is 6.10 Å². The fraction of sp³-hybridized carbons (Fsp3) is 0.462.